The molecule has 2 fully saturated rings. The highest BCUT2D eigenvalue weighted by atomic mass is 16.5. The quantitative estimate of drug-likeness (QED) is 0.837. The standard InChI is InChI=1S/C19H24N4O2/c1-22(2)19(24)15-7-5-13(6-8-15)12-23-11-3-4-16(23)17-20-18(25-21-17)14-9-10-14/h5-8,14,16H,3-4,9-12H2,1-2H3/t16-/m1/s1. The van der Waals surface area contributed by atoms with Crippen LogP contribution < -0.4 is 0 Å². The molecule has 0 bridgehead atoms. The fraction of sp³-hybridized carbons (Fsp3) is 0.526. The molecule has 2 aliphatic rings. The van der Waals surface area contributed by atoms with Crippen LogP contribution in [0.4, 0.5) is 0 Å². The number of rotatable bonds is 5. The molecule has 0 radical (unpaired) electrons. The smallest absolute Gasteiger partial charge is 0.253 e. The van der Waals surface area contributed by atoms with Gasteiger partial charge in [-0.1, -0.05) is 17.3 Å². The molecule has 1 aromatic heterocycles. The van der Waals surface area contributed by atoms with Crippen LogP contribution in [0.15, 0.2) is 28.8 Å². The first-order valence-electron chi connectivity index (χ1n) is 9.00. The Morgan fingerprint density at radius 2 is 2.00 bits per heavy atom. The minimum atomic E-state index is 0.0324. The van der Waals surface area contributed by atoms with Crippen LogP contribution in [0.2, 0.25) is 0 Å². The van der Waals surface area contributed by atoms with E-state index in [2.05, 4.69) is 15.0 Å². The summed E-state index contributed by atoms with van der Waals surface area (Å²) in [6, 6.07) is 8.12. The zero-order valence-corrected chi connectivity index (χ0v) is 14.8. The fourth-order valence-corrected chi connectivity index (χ4v) is 3.43. The number of hydrogen-bond acceptors (Lipinski definition) is 5. The Labute approximate surface area is 147 Å². The van der Waals surface area contributed by atoms with Gasteiger partial charge in [0.05, 0.1) is 6.04 Å². The van der Waals surface area contributed by atoms with Crippen molar-refractivity contribution in [3.8, 4) is 0 Å². The zero-order chi connectivity index (χ0) is 17.4. The van der Waals surface area contributed by atoms with Gasteiger partial charge in [-0.3, -0.25) is 9.69 Å². The van der Waals surface area contributed by atoms with Crippen LogP contribution in [0.5, 0.6) is 0 Å². The lowest BCUT2D eigenvalue weighted by molar-refractivity contribution is 0.0827. The van der Waals surface area contributed by atoms with Crippen LogP contribution in [0.3, 0.4) is 0 Å². The predicted molar refractivity (Wildman–Crippen MR) is 93.1 cm³/mol. The Bertz CT molecular complexity index is 749. The van der Waals surface area contributed by atoms with Gasteiger partial charge in [-0.25, -0.2) is 0 Å². The van der Waals surface area contributed by atoms with Crippen molar-refractivity contribution in [2.45, 2.75) is 44.2 Å². The molecule has 1 atom stereocenters. The molecule has 0 unspecified atom stereocenters. The molecule has 6 heteroatoms. The molecule has 6 nitrogen and oxygen atoms in total. The van der Waals surface area contributed by atoms with Crippen molar-refractivity contribution >= 4 is 5.91 Å². The average Bonchev–Trinajstić information content (AvgIpc) is 3.16. The molecular formula is C19H24N4O2. The molecular weight excluding hydrogens is 316 g/mol. The summed E-state index contributed by atoms with van der Waals surface area (Å²) in [5.74, 6) is 2.18. The maximum atomic E-state index is 12.0. The molecule has 1 aliphatic heterocycles. The highest BCUT2D eigenvalue weighted by Gasteiger charge is 2.34. The second kappa shape index (κ2) is 6.59. The third kappa shape index (κ3) is 3.44. The SMILES string of the molecule is CN(C)C(=O)c1ccc(CN2CCC[C@@H]2c2noc(C3CC3)n2)cc1. The number of carbonyl (C=O) groups excluding carboxylic acids is 1. The summed E-state index contributed by atoms with van der Waals surface area (Å²) < 4.78 is 5.43. The normalized spacial score (nSPS) is 20.8. The Balaban J connectivity index is 1.44. The minimum Gasteiger partial charge on any atom is -0.345 e. The van der Waals surface area contributed by atoms with Gasteiger partial charge >= 0.3 is 0 Å². The van der Waals surface area contributed by atoms with Gasteiger partial charge in [0.2, 0.25) is 5.89 Å². The Morgan fingerprint density at radius 3 is 2.68 bits per heavy atom. The molecule has 1 saturated heterocycles. The largest absolute Gasteiger partial charge is 0.345 e. The second-order valence-corrected chi connectivity index (χ2v) is 7.29. The van der Waals surface area contributed by atoms with Crippen molar-refractivity contribution in [2.24, 2.45) is 0 Å². The lowest BCUT2D eigenvalue weighted by Crippen LogP contribution is -2.24. The number of hydrogen-bond donors (Lipinski definition) is 0. The van der Waals surface area contributed by atoms with E-state index in [0.717, 1.165) is 43.2 Å². The summed E-state index contributed by atoms with van der Waals surface area (Å²) in [6.07, 6.45) is 4.57. The van der Waals surface area contributed by atoms with Crippen molar-refractivity contribution < 1.29 is 9.32 Å². The summed E-state index contributed by atoms with van der Waals surface area (Å²) in [4.78, 5) is 20.6. The molecule has 0 N–H and O–H groups in total. The van der Waals surface area contributed by atoms with E-state index in [-0.39, 0.29) is 11.9 Å². The third-order valence-corrected chi connectivity index (χ3v) is 5.04. The van der Waals surface area contributed by atoms with E-state index in [1.165, 1.54) is 18.4 Å². The minimum absolute atomic E-state index is 0.0324. The Hall–Kier alpha value is -2.21. The van der Waals surface area contributed by atoms with Gasteiger partial charge in [0, 0.05) is 32.1 Å². The van der Waals surface area contributed by atoms with Crippen LogP contribution in [-0.4, -0.2) is 46.5 Å². The van der Waals surface area contributed by atoms with Gasteiger partial charge in [0.25, 0.3) is 5.91 Å². The molecule has 2 aromatic rings. The van der Waals surface area contributed by atoms with Crippen molar-refractivity contribution in [1.82, 2.24) is 19.9 Å². The van der Waals surface area contributed by atoms with Crippen molar-refractivity contribution in [3.63, 3.8) is 0 Å². The Kier molecular flexibility index (Phi) is 4.29. The van der Waals surface area contributed by atoms with Crippen molar-refractivity contribution in [3.05, 3.63) is 47.1 Å². The van der Waals surface area contributed by atoms with Crippen molar-refractivity contribution in [1.29, 1.82) is 0 Å². The molecule has 4 rings (SSSR count). The van der Waals surface area contributed by atoms with Gasteiger partial charge in [-0.05, 0) is 49.9 Å². The predicted octanol–water partition coefficient (Wildman–Crippen LogP) is 2.99. The van der Waals surface area contributed by atoms with Gasteiger partial charge in [0.15, 0.2) is 5.82 Å². The van der Waals surface area contributed by atoms with E-state index >= 15 is 0 Å². The molecule has 25 heavy (non-hydrogen) atoms. The summed E-state index contributed by atoms with van der Waals surface area (Å²) in [7, 11) is 3.54. The zero-order valence-electron chi connectivity index (χ0n) is 14.8. The maximum Gasteiger partial charge on any atom is 0.253 e. The van der Waals surface area contributed by atoms with E-state index in [4.69, 9.17) is 4.52 Å². The number of benzene rings is 1. The van der Waals surface area contributed by atoms with Crippen LogP contribution in [-0.2, 0) is 6.54 Å². The highest BCUT2D eigenvalue weighted by Crippen LogP contribution is 2.40. The van der Waals surface area contributed by atoms with Crippen LogP contribution >= 0.6 is 0 Å². The van der Waals surface area contributed by atoms with Gasteiger partial charge in [-0.15, -0.1) is 0 Å². The number of aromatic nitrogens is 2. The average molecular weight is 340 g/mol. The molecule has 2 heterocycles. The second-order valence-electron chi connectivity index (χ2n) is 7.29. The fourth-order valence-electron chi connectivity index (χ4n) is 3.43. The molecule has 1 aliphatic carbocycles. The summed E-state index contributed by atoms with van der Waals surface area (Å²) >= 11 is 0. The van der Waals surface area contributed by atoms with E-state index < -0.39 is 0 Å². The van der Waals surface area contributed by atoms with E-state index in [9.17, 15) is 4.79 Å². The summed E-state index contributed by atoms with van der Waals surface area (Å²) in [6.45, 7) is 1.88. The van der Waals surface area contributed by atoms with E-state index in [0.29, 0.717) is 5.92 Å². The third-order valence-electron chi connectivity index (χ3n) is 5.04. The maximum absolute atomic E-state index is 12.0. The topological polar surface area (TPSA) is 62.5 Å². The van der Waals surface area contributed by atoms with E-state index in [1.807, 2.05) is 24.3 Å². The lowest BCUT2D eigenvalue weighted by Gasteiger charge is -2.22. The number of amides is 1. The van der Waals surface area contributed by atoms with Gasteiger partial charge in [-0.2, -0.15) is 4.98 Å². The van der Waals surface area contributed by atoms with Crippen LogP contribution in [0.1, 0.15) is 65.3 Å². The number of nitrogens with zero attached hydrogens (tertiary/aromatic N) is 4. The number of likely N-dealkylation sites (tertiary alicyclic amines) is 1. The molecule has 132 valence electrons. The molecule has 1 saturated carbocycles. The number of carbonyl (C=O) groups is 1. The molecule has 1 amide bonds. The lowest BCUT2D eigenvalue weighted by atomic mass is 10.1. The first kappa shape index (κ1) is 16.3. The summed E-state index contributed by atoms with van der Waals surface area (Å²) in [5, 5.41) is 4.23. The monoisotopic (exact) mass is 340 g/mol. The highest BCUT2D eigenvalue weighted by molar-refractivity contribution is 5.93. The molecule has 1 aromatic carbocycles. The van der Waals surface area contributed by atoms with Crippen molar-refractivity contribution in [2.75, 3.05) is 20.6 Å². The van der Waals surface area contributed by atoms with Crippen LogP contribution in [0.25, 0.3) is 0 Å². The van der Waals surface area contributed by atoms with E-state index in [1.54, 1.807) is 19.0 Å². The van der Waals surface area contributed by atoms with Gasteiger partial charge in [0.1, 0.15) is 0 Å². The molecule has 0 spiro atoms. The first-order chi connectivity index (χ1) is 12.1. The first-order valence-corrected chi connectivity index (χ1v) is 9.00. The summed E-state index contributed by atoms with van der Waals surface area (Å²) in [5.41, 5.74) is 1.92. The Morgan fingerprint density at radius 1 is 1.24 bits per heavy atom. The van der Waals surface area contributed by atoms with Gasteiger partial charge < -0.3 is 9.42 Å². The van der Waals surface area contributed by atoms with Crippen LogP contribution in [0, 0.1) is 0 Å².